The van der Waals surface area contributed by atoms with Crippen molar-refractivity contribution < 1.29 is 9.53 Å². The van der Waals surface area contributed by atoms with Gasteiger partial charge in [-0.25, -0.2) is 0 Å². The highest BCUT2D eigenvalue weighted by molar-refractivity contribution is 5.97. The topological polar surface area (TPSA) is 65.4 Å². The van der Waals surface area contributed by atoms with E-state index in [1.54, 1.807) is 11.9 Å². The second-order valence-corrected chi connectivity index (χ2v) is 4.17. The van der Waals surface area contributed by atoms with Gasteiger partial charge in [-0.2, -0.15) is 5.26 Å². The molecule has 1 amide bonds. The van der Waals surface area contributed by atoms with Crippen LogP contribution in [0.3, 0.4) is 0 Å². The van der Waals surface area contributed by atoms with Crippen LogP contribution in [-0.2, 0) is 4.79 Å². The van der Waals surface area contributed by atoms with Gasteiger partial charge in [0.2, 0.25) is 0 Å². The standard InChI is InChI=1S/C13H15N3O2/c1-15-10(5-6-14)9-3-4-12-11(7-9)16(2)13(17)8-18-12/h3-4,7,10,15H,5,8H2,1-2H3. The van der Waals surface area contributed by atoms with Gasteiger partial charge in [0.15, 0.2) is 6.61 Å². The maximum atomic E-state index is 11.6. The van der Waals surface area contributed by atoms with Crippen LogP contribution in [0.15, 0.2) is 18.2 Å². The first kappa shape index (κ1) is 12.4. The lowest BCUT2D eigenvalue weighted by Crippen LogP contribution is -2.35. The third-order valence-corrected chi connectivity index (χ3v) is 3.12. The van der Waals surface area contributed by atoms with Gasteiger partial charge in [-0.1, -0.05) is 6.07 Å². The molecule has 1 N–H and O–H groups in total. The van der Waals surface area contributed by atoms with Gasteiger partial charge in [0, 0.05) is 13.1 Å². The Morgan fingerprint density at radius 3 is 3.06 bits per heavy atom. The molecule has 0 aliphatic carbocycles. The summed E-state index contributed by atoms with van der Waals surface area (Å²) in [6.07, 6.45) is 0.383. The van der Waals surface area contributed by atoms with E-state index < -0.39 is 0 Å². The molecule has 0 saturated carbocycles. The summed E-state index contributed by atoms with van der Waals surface area (Å²) in [5, 5.41) is 11.9. The molecule has 0 spiro atoms. The summed E-state index contributed by atoms with van der Waals surface area (Å²) in [5.41, 5.74) is 1.73. The second kappa shape index (κ2) is 5.07. The van der Waals surface area contributed by atoms with Crippen molar-refractivity contribution in [1.29, 1.82) is 5.26 Å². The van der Waals surface area contributed by atoms with Gasteiger partial charge in [0.1, 0.15) is 5.75 Å². The number of amides is 1. The van der Waals surface area contributed by atoms with E-state index in [2.05, 4.69) is 11.4 Å². The maximum Gasteiger partial charge on any atom is 0.264 e. The largest absolute Gasteiger partial charge is 0.482 e. The summed E-state index contributed by atoms with van der Waals surface area (Å²) in [4.78, 5) is 13.2. The lowest BCUT2D eigenvalue weighted by molar-refractivity contribution is -0.120. The molecule has 1 aliphatic heterocycles. The number of hydrogen-bond donors (Lipinski definition) is 1. The van der Waals surface area contributed by atoms with Crippen molar-refractivity contribution in [1.82, 2.24) is 5.32 Å². The Bertz CT molecular complexity index is 507. The maximum absolute atomic E-state index is 11.6. The Balaban J connectivity index is 2.36. The van der Waals surface area contributed by atoms with Crippen LogP contribution in [0, 0.1) is 11.3 Å². The van der Waals surface area contributed by atoms with E-state index in [9.17, 15) is 4.79 Å². The average Bonchev–Trinajstić information content (AvgIpc) is 2.40. The molecule has 1 aliphatic rings. The molecule has 0 saturated heterocycles. The molecule has 94 valence electrons. The van der Waals surface area contributed by atoms with Gasteiger partial charge in [0.05, 0.1) is 18.2 Å². The number of likely N-dealkylation sites (N-methyl/N-ethyl adjacent to an activating group) is 1. The first-order valence-corrected chi connectivity index (χ1v) is 5.75. The Hall–Kier alpha value is -2.06. The number of benzene rings is 1. The summed E-state index contributed by atoms with van der Waals surface area (Å²) >= 11 is 0. The molecule has 1 aromatic rings. The van der Waals surface area contributed by atoms with Crippen molar-refractivity contribution in [3.63, 3.8) is 0 Å². The van der Waals surface area contributed by atoms with Crippen LogP contribution in [-0.4, -0.2) is 26.6 Å². The number of rotatable bonds is 3. The lowest BCUT2D eigenvalue weighted by atomic mass is 10.0. The van der Waals surface area contributed by atoms with E-state index in [0.29, 0.717) is 12.2 Å². The van der Waals surface area contributed by atoms with Gasteiger partial charge in [-0.05, 0) is 24.7 Å². The predicted molar refractivity (Wildman–Crippen MR) is 67.4 cm³/mol. The van der Waals surface area contributed by atoms with Crippen LogP contribution in [0.25, 0.3) is 0 Å². The minimum atomic E-state index is -0.0686. The minimum absolute atomic E-state index is 0.0364. The number of ether oxygens (including phenoxy) is 1. The molecule has 0 radical (unpaired) electrons. The fourth-order valence-electron chi connectivity index (χ4n) is 1.98. The average molecular weight is 245 g/mol. The molecule has 1 atom stereocenters. The molecule has 0 fully saturated rings. The Kier molecular flexibility index (Phi) is 3.49. The number of anilines is 1. The Morgan fingerprint density at radius 2 is 2.39 bits per heavy atom. The van der Waals surface area contributed by atoms with Crippen molar-refractivity contribution in [3.05, 3.63) is 23.8 Å². The van der Waals surface area contributed by atoms with Gasteiger partial charge in [-0.15, -0.1) is 0 Å². The first-order chi connectivity index (χ1) is 8.67. The zero-order valence-corrected chi connectivity index (χ0v) is 10.4. The third-order valence-electron chi connectivity index (χ3n) is 3.12. The number of hydrogen-bond acceptors (Lipinski definition) is 4. The zero-order chi connectivity index (χ0) is 13.1. The van der Waals surface area contributed by atoms with E-state index in [1.807, 2.05) is 25.2 Å². The summed E-state index contributed by atoms with van der Waals surface area (Å²) in [5.74, 6) is 0.633. The van der Waals surface area contributed by atoms with Crippen molar-refractivity contribution in [2.24, 2.45) is 0 Å². The Morgan fingerprint density at radius 1 is 1.61 bits per heavy atom. The van der Waals surface area contributed by atoms with Crippen LogP contribution >= 0.6 is 0 Å². The van der Waals surface area contributed by atoms with Crippen LogP contribution in [0.2, 0.25) is 0 Å². The smallest absolute Gasteiger partial charge is 0.264 e. The summed E-state index contributed by atoms with van der Waals surface area (Å²) in [6, 6.07) is 7.76. The van der Waals surface area contributed by atoms with E-state index >= 15 is 0 Å². The van der Waals surface area contributed by atoms with E-state index in [-0.39, 0.29) is 18.6 Å². The minimum Gasteiger partial charge on any atom is -0.482 e. The Labute approximate surface area is 106 Å². The highest BCUT2D eigenvalue weighted by Gasteiger charge is 2.23. The first-order valence-electron chi connectivity index (χ1n) is 5.75. The molecule has 1 aromatic carbocycles. The van der Waals surface area contributed by atoms with Gasteiger partial charge < -0.3 is 15.0 Å². The predicted octanol–water partition coefficient (Wildman–Crippen LogP) is 1.22. The van der Waals surface area contributed by atoms with Gasteiger partial charge >= 0.3 is 0 Å². The summed E-state index contributed by atoms with van der Waals surface area (Å²) in [7, 11) is 3.54. The SMILES string of the molecule is CNC(CC#N)c1ccc2c(c1)N(C)C(=O)CO2. The van der Waals surface area contributed by atoms with Crippen molar-refractivity contribution in [3.8, 4) is 11.8 Å². The monoisotopic (exact) mass is 245 g/mol. The molecule has 18 heavy (non-hydrogen) atoms. The van der Waals surface area contributed by atoms with E-state index in [0.717, 1.165) is 11.3 Å². The van der Waals surface area contributed by atoms with Crippen LogP contribution in [0.1, 0.15) is 18.0 Å². The number of carbonyl (C=O) groups excluding carboxylic acids is 1. The second-order valence-electron chi connectivity index (χ2n) is 4.17. The van der Waals surface area contributed by atoms with Crippen LogP contribution in [0.5, 0.6) is 5.75 Å². The zero-order valence-electron chi connectivity index (χ0n) is 10.4. The van der Waals surface area contributed by atoms with Gasteiger partial charge in [0.25, 0.3) is 5.91 Å². The molecule has 0 aromatic heterocycles. The third kappa shape index (κ3) is 2.15. The quantitative estimate of drug-likeness (QED) is 0.869. The number of carbonyl (C=O) groups is 1. The molecule has 2 rings (SSSR count). The van der Waals surface area contributed by atoms with Crippen molar-refractivity contribution in [2.75, 3.05) is 25.6 Å². The number of nitrogens with zero attached hydrogens (tertiary/aromatic N) is 2. The van der Waals surface area contributed by atoms with E-state index in [1.165, 1.54) is 0 Å². The lowest BCUT2D eigenvalue weighted by Gasteiger charge is -2.27. The summed E-state index contributed by atoms with van der Waals surface area (Å²) in [6.45, 7) is 0.0799. The summed E-state index contributed by atoms with van der Waals surface area (Å²) < 4.78 is 5.36. The molecule has 1 heterocycles. The molecule has 5 heteroatoms. The van der Waals surface area contributed by atoms with Crippen molar-refractivity contribution in [2.45, 2.75) is 12.5 Å². The number of fused-ring (bicyclic) bond motifs is 1. The molecular formula is C13H15N3O2. The normalized spacial score (nSPS) is 15.6. The van der Waals surface area contributed by atoms with Gasteiger partial charge in [-0.3, -0.25) is 4.79 Å². The fourth-order valence-corrected chi connectivity index (χ4v) is 1.98. The highest BCUT2D eigenvalue weighted by Crippen LogP contribution is 2.34. The molecule has 1 unspecified atom stereocenters. The van der Waals surface area contributed by atoms with Crippen molar-refractivity contribution >= 4 is 11.6 Å². The molecule has 5 nitrogen and oxygen atoms in total. The van der Waals surface area contributed by atoms with Crippen LogP contribution < -0.4 is 15.0 Å². The van der Waals surface area contributed by atoms with Crippen LogP contribution in [0.4, 0.5) is 5.69 Å². The highest BCUT2D eigenvalue weighted by atomic mass is 16.5. The molecular weight excluding hydrogens is 230 g/mol. The number of nitriles is 1. The molecule has 0 bridgehead atoms. The fraction of sp³-hybridized carbons (Fsp3) is 0.385. The van der Waals surface area contributed by atoms with E-state index in [4.69, 9.17) is 10.00 Å². The number of nitrogens with one attached hydrogen (secondary N) is 1.